The lowest BCUT2D eigenvalue weighted by Gasteiger charge is -2.24. The first-order valence-electron chi connectivity index (χ1n) is 12.3. The largest absolute Gasteiger partial charge is 0.493 e. The minimum atomic E-state index is -4.28. The van der Waals surface area contributed by atoms with Crippen LogP contribution in [0.4, 0.5) is 10.1 Å². The number of amides is 1. The summed E-state index contributed by atoms with van der Waals surface area (Å²) in [7, 11) is -1.47. The molecule has 12 heteroatoms. The lowest BCUT2D eigenvalue weighted by molar-refractivity contribution is -0.119. The molecule has 0 atom stereocenters. The van der Waals surface area contributed by atoms with E-state index < -0.39 is 28.3 Å². The molecule has 0 aliphatic carbocycles. The van der Waals surface area contributed by atoms with Crippen LogP contribution in [0, 0.1) is 19.7 Å². The number of sulfonamides is 1. The fourth-order valence-corrected chi connectivity index (χ4v) is 6.12. The Bertz CT molecular complexity index is 1700. The van der Waals surface area contributed by atoms with Gasteiger partial charge in [0.25, 0.3) is 15.9 Å². The summed E-state index contributed by atoms with van der Waals surface area (Å²) < 4.78 is 55.3. The molecule has 0 saturated carbocycles. The monoisotopic (exact) mass is 642 g/mol. The molecule has 0 fully saturated rings. The molecule has 1 N–H and O–H groups in total. The summed E-state index contributed by atoms with van der Waals surface area (Å²) in [5.74, 6) is -0.713. The van der Waals surface area contributed by atoms with Gasteiger partial charge in [-0.3, -0.25) is 9.10 Å². The van der Waals surface area contributed by atoms with E-state index in [0.717, 1.165) is 43.5 Å². The highest BCUT2D eigenvalue weighted by molar-refractivity contribution is 9.10. The zero-order valence-corrected chi connectivity index (χ0v) is 25.2. The second-order valence-corrected chi connectivity index (χ2v) is 11.7. The molecule has 0 aliphatic rings. The zero-order chi connectivity index (χ0) is 29.7. The van der Waals surface area contributed by atoms with Crippen LogP contribution in [0.25, 0.3) is 5.69 Å². The maximum Gasteiger partial charge on any atom is 0.264 e. The minimum absolute atomic E-state index is 0.0953. The number of hydrogen-bond donors (Lipinski definition) is 1. The normalized spacial score (nSPS) is 11.5. The molecule has 1 aromatic heterocycles. The average molecular weight is 644 g/mol. The number of benzene rings is 3. The van der Waals surface area contributed by atoms with Crippen LogP contribution in [0.1, 0.15) is 17.0 Å². The molecule has 1 amide bonds. The van der Waals surface area contributed by atoms with Crippen molar-refractivity contribution in [3.05, 3.63) is 100 Å². The number of hydrogen-bond acceptors (Lipinski definition) is 6. The van der Waals surface area contributed by atoms with Crippen molar-refractivity contribution in [2.45, 2.75) is 18.7 Å². The van der Waals surface area contributed by atoms with Crippen molar-refractivity contribution in [1.82, 2.24) is 9.99 Å². The third-order valence-corrected chi connectivity index (χ3v) is 8.54. The molecule has 41 heavy (non-hydrogen) atoms. The molecule has 0 aliphatic heterocycles. The van der Waals surface area contributed by atoms with Crippen molar-refractivity contribution >= 4 is 43.8 Å². The number of halogens is 2. The number of anilines is 1. The Kier molecular flexibility index (Phi) is 9.14. The molecular weight excluding hydrogens is 615 g/mol. The van der Waals surface area contributed by atoms with Gasteiger partial charge in [0.1, 0.15) is 12.4 Å². The maximum atomic E-state index is 13.7. The van der Waals surface area contributed by atoms with E-state index >= 15 is 0 Å². The number of aromatic nitrogens is 1. The Balaban J connectivity index is 1.58. The van der Waals surface area contributed by atoms with Crippen LogP contribution in [0.2, 0.25) is 0 Å². The molecule has 4 aromatic rings. The van der Waals surface area contributed by atoms with Gasteiger partial charge in [0.15, 0.2) is 11.5 Å². The number of nitrogens with one attached hydrogen (secondary N) is 1. The molecule has 214 valence electrons. The van der Waals surface area contributed by atoms with E-state index in [0.29, 0.717) is 5.75 Å². The van der Waals surface area contributed by atoms with E-state index in [1.807, 2.05) is 44.2 Å². The zero-order valence-electron chi connectivity index (χ0n) is 22.8. The summed E-state index contributed by atoms with van der Waals surface area (Å²) >= 11 is 3.49. The molecule has 0 bridgehead atoms. The quantitative estimate of drug-likeness (QED) is 0.185. The average Bonchev–Trinajstić information content (AvgIpc) is 3.24. The number of aryl methyl sites for hydroxylation is 1. The lowest BCUT2D eigenvalue weighted by Crippen LogP contribution is -2.39. The first kappa shape index (κ1) is 29.8. The SMILES string of the molecule is COc1ccc(S(=O)(=O)N(CC(=O)N/N=C\c2cc(C)n(-c3cccc(Br)c3)c2C)c2ccc(F)cc2)cc1OC. The van der Waals surface area contributed by atoms with E-state index in [1.54, 1.807) is 0 Å². The summed E-state index contributed by atoms with van der Waals surface area (Å²) in [6.45, 7) is 3.28. The Labute approximate surface area is 246 Å². The molecule has 4 rings (SSSR count). The van der Waals surface area contributed by atoms with Crippen molar-refractivity contribution in [2.75, 3.05) is 25.1 Å². The van der Waals surface area contributed by atoms with Crippen molar-refractivity contribution in [2.24, 2.45) is 5.10 Å². The van der Waals surface area contributed by atoms with E-state index in [1.165, 1.54) is 50.8 Å². The van der Waals surface area contributed by atoms with Crippen molar-refractivity contribution in [3.63, 3.8) is 0 Å². The Morgan fingerprint density at radius 3 is 2.39 bits per heavy atom. The molecule has 0 unspecified atom stereocenters. The van der Waals surface area contributed by atoms with Crippen LogP contribution in [-0.4, -0.2) is 45.9 Å². The number of methoxy groups -OCH3 is 2. The van der Waals surface area contributed by atoms with Gasteiger partial charge in [0.2, 0.25) is 0 Å². The molecule has 9 nitrogen and oxygen atoms in total. The van der Waals surface area contributed by atoms with Gasteiger partial charge in [-0.15, -0.1) is 0 Å². The second-order valence-electron chi connectivity index (χ2n) is 8.94. The number of ether oxygens (including phenoxy) is 2. The van der Waals surface area contributed by atoms with E-state index in [2.05, 4.69) is 31.0 Å². The van der Waals surface area contributed by atoms with Gasteiger partial charge in [-0.05, 0) is 74.5 Å². The van der Waals surface area contributed by atoms with Gasteiger partial charge in [-0.1, -0.05) is 22.0 Å². The van der Waals surface area contributed by atoms with E-state index in [9.17, 15) is 17.6 Å². The van der Waals surface area contributed by atoms with Gasteiger partial charge in [-0.25, -0.2) is 18.2 Å². The fraction of sp³-hybridized carbons (Fsp3) is 0.172. The third-order valence-electron chi connectivity index (χ3n) is 6.27. The number of carbonyl (C=O) groups is 1. The first-order valence-corrected chi connectivity index (χ1v) is 14.6. The standard InChI is InChI=1S/C29H28BrFN4O5S/c1-19-14-21(20(2)35(19)25-7-5-6-22(30)15-25)17-32-33-29(36)18-34(24-10-8-23(31)9-11-24)41(37,38)26-12-13-27(39-3)28(16-26)40-4/h5-17H,18H2,1-4H3,(H,33,36)/b32-17-. The molecule has 0 radical (unpaired) electrons. The smallest absolute Gasteiger partial charge is 0.264 e. The van der Waals surface area contributed by atoms with Gasteiger partial charge in [0, 0.05) is 33.2 Å². The van der Waals surface area contributed by atoms with Crippen LogP contribution >= 0.6 is 15.9 Å². The highest BCUT2D eigenvalue weighted by atomic mass is 79.9. The predicted octanol–water partition coefficient (Wildman–Crippen LogP) is 5.36. The summed E-state index contributed by atoms with van der Waals surface area (Å²) in [6.07, 6.45) is 1.50. The molecule has 1 heterocycles. The maximum absolute atomic E-state index is 13.7. The third kappa shape index (κ3) is 6.60. The van der Waals surface area contributed by atoms with E-state index in [4.69, 9.17) is 9.47 Å². The summed E-state index contributed by atoms with van der Waals surface area (Å²) in [5, 5.41) is 4.07. The van der Waals surface area contributed by atoms with Gasteiger partial charge in [0.05, 0.1) is 31.0 Å². The highest BCUT2D eigenvalue weighted by Crippen LogP contribution is 2.32. The number of carbonyl (C=O) groups excluding carboxylic acids is 1. The van der Waals surface area contributed by atoms with Crippen LogP contribution in [0.5, 0.6) is 11.5 Å². The number of nitrogens with zero attached hydrogens (tertiary/aromatic N) is 3. The first-order chi connectivity index (χ1) is 19.5. The minimum Gasteiger partial charge on any atom is -0.493 e. The Morgan fingerprint density at radius 1 is 1.02 bits per heavy atom. The van der Waals surface area contributed by atoms with Crippen molar-refractivity contribution < 1.29 is 27.1 Å². The van der Waals surface area contributed by atoms with Crippen molar-refractivity contribution in [3.8, 4) is 17.2 Å². The summed E-state index contributed by atoms with van der Waals surface area (Å²) in [4.78, 5) is 12.8. The van der Waals surface area contributed by atoms with Gasteiger partial charge >= 0.3 is 0 Å². The van der Waals surface area contributed by atoms with Crippen molar-refractivity contribution in [1.29, 1.82) is 0 Å². The second kappa shape index (κ2) is 12.6. The highest BCUT2D eigenvalue weighted by Gasteiger charge is 2.28. The summed E-state index contributed by atoms with van der Waals surface area (Å²) in [5.41, 5.74) is 6.11. The lowest BCUT2D eigenvalue weighted by atomic mass is 10.2. The van der Waals surface area contributed by atoms with Crippen LogP contribution in [-0.2, 0) is 14.8 Å². The molecule has 0 spiro atoms. The summed E-state index contributed by atoms with van der Waals surface area (Å²) in [6, 6.07) is 18.6. The fourth-order valence-electron chi connectivity index (χ4n) is 4.30. The van der Waals surface area contributed by atoms with Gasteiger partial charge < -0.3 is 14.0 Å². The number of rotatable bonds is 10. The molecule has 3 aromatic carbocycles. The topological polar surface area (TPSA) is 102 Å². The van der Waals surface area contributed by atoms with E-state index in [-0.39, 0.29) is 16.3 Å². The van der Waals surface area contributed by atoms with Crippen LogP contribution in [0.15, 0.2) is 87.3 Å². The van der Waals surface area contributed by atoms with Gasteiger partial charge in [-0.2, -0.15) is 5.10 Å². The Hall–Kier alpha value is -4.16. The Morgan fingerprint density at radius 2 is 1.73 bits per heavy atom. The molecular formula is C29H28BrFN4O5S. The predicted molar refractivity (Wildman–Crippen MR) is 159 cm³/mol. The molecule has 0 saturated heterocycles. The van der Waals surface area contributed by atoms with Crippen LogP contribution in [0.3, 0.4) is 0 Å². The number of hydrazone groups is 1. The van der Waals surface area contributed by atoms with Crippen LogP contribution < -0.4 is 19.2 Å².